The SMILES string of the molecule is Cc1ccc(NC(=O)c2cn[nH]n2)c(C#CCN)c1. The van der Waals surface area contributed by atoms with Crippen LogP contribution in [0.15, 0.2) is 24.4 Å². The van der Waals surface area contributed by atoms with E-state index in [0.717, 1.165) is 11.1 Å². The fraction of sp³-hybridized carbons (Fsp3) is 0.154. The maximum Gasteiger partial charge on any atom is 0.277 e. The molecule has 6 nitrogen and oxygen atoms in total. The highest BCUT2D eigenvalue weighted by Gasteiger charge is 2.10. The number of hydrogen-bond donors (Lipinski definition) is 3. The molecule has 1 aromatic heterocycles. The second-order valence-corrected chi connectivity index (χ2v) is 3.86. The Labute approximate surface area is 110 Å². The standard InChI is InChI=1S/C13H13N5O/c1-9-4-5-11(10(7-9)3-2-6-14)16-13(19)12-8-15-18-17-12/h4-5,7-8H,6,14H2,1H3,(H,16,19)(H,15,17,18). The summed E-state index contributed by atoms with van der Waals surface area (Å²) in [7, 11) is 0. The van der Waals surface area contributed by atoms with Gasteiger partial charge in [0.1, 0.15) is 0 Å². The normalized spacial score (nSPS) is 9.58. The second kappa shape index (κ2) is 5.80. The van der Waals surface area contributed by atoms with Crippen LogP contribution in [0, 0.1) is 18.8 Å². The maximum absolute atomic E-state index is 11.9. The quantitative estimate of drug-likeness (QED) is 0.687. The molecule has 0 spiro atoms. The Morgan fingerprint density at radius 1 is 1.53 bits per heavy atom. The van der Waals surface area contributed by atoms with E-state index >= 15 is 0 Å². The molecular formula is C13H13N5O. The van der Waals surface area contributed by atoms with Crippen molar-refractivity contribution in [3.63, 3.8) is 0 Å². The van der Waals surface area contributed by atoms with E-state index in [1.807, 2.05) is 19.1 Å². The van der Waals surface area contributed by atoms with Crippen molar-refractivity contribution in [2.75, 3.05) is 11.9 Å². The van der Waals surface area contributed by atoms with Crippen molar-refractivity contribution in [1.82, 2.24) is 15.4 Å². The van der Waals surface area contributed by atoms with Gasteiger partial charge in [0.25, 0.3) is 5.91 Å². The van der Waals surface area contributed by atoms with E-state index in [9.17, 15) is 4.79 Å². The third-order valence-corrected chi connectivity index (χ3v) is 2.40. The first kappa shape index (κ1) is 12.8. The van der Waals surface area contributed by atoms with Crippen molar-refractivity contribution >= 4 is 11.6 Å². The van der Waals surface area contributed by atoms with Gasteiger partial charge in [-0.05, 0) is 24.6 Å². The van der Waals surface area contributed by atoms with Crippen molar-refractivity contribution in [2.45, 2.75) is 6.92 Å². The van der Waals surface area contributed by atoms with Crippen molar-refractivity contribution < 1.29 is 4.79 Å². The first-order chi connectivity index (χ1) is 9.20. The lowest BCUT2D eigenvalue weighted by atomic mass is 10.1. The van der Waals surface area contributed by atoms with Crippen LogP contribution in [0.1, 0.15) is 21.6 Å². The van der Waals surface area contributed by atoms with E-state index < -0.39 is 0 Å². The molecule has 96 valence electrons. The highest BCUT2D eigenvalue weighted by molar-refractivity contribution is 6.03. The summed E-state index contributed by atoms with van der Waals surface area (Å²) in [6.07, 6.45) is 1.36. The number of H-pyrrole nitrogens is 1. The van der Waals surface area contributed by atoms with E-state index in [0.29, 0.717) is 5.69 Å². The van der Waals surface area contributed by atoms with Crippen molar-refractivity contribution in [3.8, 4) is 11.8 Å². The zero-order chi connectivity index (χ0) is 13.7. The summed E-state index contributed by atoms with van der Waals surface area (Å²) in [5.41, 5.74) is 7.99. The first-order valence-corrected chi connectivity index (χ1v) is 5.67. The number of carbonyl (C=O) groups is 1. The molecule has 0 aliphatic carbocycles. The monoisotopic (exact) mass is 255 g/mol. The minimum Gasteiger partial charge on any atom is -0.320 e. The zero-order valence-corrected chi connectivity index (χ0v) is 10.4. The molecule has 0 bridgehead atoms. The summed E-state index contributed by atoms with van der Waals surface area (Å²) < 4.78 is 0. The summed E-state index contributed by atoms with van der Waals surface area (Å²) in [6, 6.07) is 5.58. The molecule has 0 atom stereocenters. The summed E-state index contributed by atoms with van der Waals surface area (Å²) in [5, 5.41) is 12.4. The lowest BCUT2D eigenvalue weighted by molar-refractivity contribution is 0.102. The molecule has 0 saturated carbocycles. The van der Waals surface area contributed by atoms with Gasteiger partial charge in [0.15, 0.2) is 5.69 Å². The van der Waals surface area contributed by atoms with Gasteiger partial charge in [-0.2, -0.15) is 15.4 Å². The van der Waals surface area contributed by atoms with Crippen LogP contribution in [0.5, 0.6) is 0 Å². The molecule has 1 heterocycles. The fourth-order valence-electron chi connectivity index (χ4n) is 1.51. The summed E-state index contributed by atoms with van der Waals surface area (Å²) in [6.45, 7) is 2.22. The van der Waals surface area contributed by atoms with Crippen LogP contribution in [-0.4, -0.2) is 27.9 Å². The number of amides is 1. The van der Waals surface area contributed by atoms with Gasteiger partial charge in [0.2, 0.25) is 0 Å². The minimum atomic E-state index is -0.339. The number of hydrogen-bond acceptors (Lipinski definition) is 4. The van der Waals surface area contributed by atoms with Crippen LogP contribution < -0.4 is 11.1 Å². The molecule has 0 radical (unpaired) electrons. The maximum atomic E-state index is 11.9. The van der Waals surface area contributed by atoms with E-state index in [-0.39, 0.29) is 18.1 Å². The zero-order valence-electron chi connectivity index (χ0n) is 10.4. The first-order valence-electron chi connectivity index (χ1n) is 5.67. The summed E-state index contributed by atoms with van der Waals surface area (Å²) in [4.78, 5) is 11.9. The van der Waals surface area contributed by atoms with Gasteiger partial charge >= 0.3 is 0 Å². The van der Waals surface area contributed by atoms with E-state index in [2.05, 4.69) is 32.6 Å². The van der Waals surface area contributed by atoms with E-state index in [1.54, 1.807) is 6.07 Å². The predicted molar refractivity (Wildman–Crippen MR) is 71.4 cm³/mol. The van der Waals surface area contributed by atoms with Crippen molar-refractivity contribution in [1.29, 1.82) is 0 Å². The molecule has 6 heteroatoms. The average Bonchev–Trinajstić information content (AvgIpc) is 2.93. The molecule has 4 N–H and O–H groups in total. The second-order valence-electron chi connectivity index (χ2n) is 3.86. The summed E-state index contributed by atoms with van der Waals surface area (Å²) in [5.74, 6) is 5.36. The number of anilines is 1. The van der Waals surface area contributed by atoms with Crippen LogP contribution in [0.25, 0.3) is 0 Å². The molecule has 1 amide bonds. The van der Waals surface area contributed by atoms with Crippen molar-refractivity contribution in [3.05, 3.63) is 41.2 Å². The number of nitrogens with zero attached hydrogens (tertiary/aromatic N) is 2. The lowest BCUT2D eigenvalue weighted by Gasteiger charge is -2.06. The Balaban J connectivity index is 2.27. The Kier molecular flexibility index (Phi) is 3.90. The lowest BCUT2D eigenvalue weighted by Crippen LogP contribution is -2.13. The molecular weight excluding hydrogens is 242 g/mol. The molecule has 2 aromatic rings. The topological polar surface area (TPSA) is 96.7 Å². The Hall–Kier alpha value is -2.65. The number of aromatic amines is 1. The van der Waals surface area contributed by atoms with Gasteiger partial charge in [-0.15, -0.1) is 0 Å². The van der Waals surface area contributed by atoms with Crippen LogP contribution in [-0.2, 0) is 0 Å². The molecule has 0 unspecified atom stereocenters. The molecule has 0 aliphatic heterocycles. The number of nitrogens with two attached hydrogens (primary N) is 1. The average molecular weight is 255 g/mol. The Morgan fingerprint density at radius 2 is 2.37 bits per heavy atom. The van der Waals surface area contributed by atoms with Gasteiger partial charge < -0.3 is 11.1 Å². The molecule has 0 saturated heterocycles. The number of aromatic nitrogens is 3. The van der Waals surface area contributed by atoms with Gasteiger partial charge in [-0.25, -0.2) is 0 Å². The van der Waals surface area contributed by atoms with E-state index in [4.69, 9.17) is 5.73 Å². The number of carbonyl (C=O) groups excluding carboxylic acids is 1. The van der Waals surface area contributed by atoms with E-state index in [1.165, 1.54) is 6.20 Å². The Bertz CT molecular complexity index is 637. The van der Waals surface area contributed by atoms with Crippen LogP contribution in [0.4, 0.5) is 5.69 Å². The third kappa shape index (κ3) is 3.18. The van der Waals surface area contributed by atoms with Crippen molar-refractivity contribution in [2.24, 2.45) is 5.73 Å². The number of benzene rings is 1. The third-order valence-electron chi connectivity index (χ3n) is 2.40. The smallest absolute Gasteiger partial charge is 0.277 e. The fourth-order valence-corrected chi connectivity index (χ4v) is 1.51. The molecule has 0 fully saturated rings. The predicted octanol–water partition coefficient (Wildman–Crippen LogP) is 0.676. The number of aryl methyl sites for hydroxylation is 1. The minimum absolute atomic E-state index is 0.221. The highest BCUT2D eigenvalue weighted by atomic mass is 16.2. The van der Waals surface area contributed by atoms with Crippen LogP contribution >= 0.6 is 0 Å². The van der Waals surface area contributed by atoms with Crippen LogP contribution in [0.2, 0.25) is 0 Å². The molecule has 2 rings (SSSR count). The van der Waals surface area contributed by atoms with Gasteiger partial charge in [-0.1, -0.05) is 17.9 Å². The summed E-state index contributed by atoms with van der Waals surface area (Å²) >= 11 is 0. The number of nitrogens with one attached hydrogen (secondary N) is 2. The number of rotatable bonds is 2. The molecule has 0 aliphatic rings. The molecule has 1 aromatic carbocycles. The largest absolute Gasteiger partial charge is 0.320 e. The van der Waals surface area contributed by atoms with Gasteiger partial charge in [0.05, 0.1) is 18.4 Å². The van der Waals surface area contributed by atoms with Gasteiger partial charge in [0, 0.05) is 5.56 Å². The highest BCUT2D eigenvalue weighted by Crippen LogP contribution is 2.17. The molecule has 19 heavy (non-hydrogen) atoms. The van der Waals surface area contributed by atoms with Crippen LogP contribution in [0.3, 0.4) is 0 Å². The van der Waals surface area contributed by atoms with Gasteiger partial charge in [-0.3, -0.25) is 4.79 Å². The Morgan fingerprint density at radius 3 is 3.05 bits per heavy atom.